The van der Waals surface area contributed by atoms with E-state index < -0.39 is 66.9 Å². The lowest BCUT2D eigenvalue weighted by Crippen LogP contribution is -2.58. The lowest BCUT2D eigenvalue weighted by molar-refractivity contribution is -0.142. The molecule has 0 bridgehead atoms. The molecule has 9 N–H and O–H groups in total. The number of phenols is 1. The molecule has 5 unspecified atom stereocenters. The van der Waals surface area contributed by atoms with E-state index in [1.54, 1.807) is 6.92 Å². The van der Waals surface area contributed by atoms with Crippen LogP contribution in [0.4, 0.5) is 0 Å². The van der Waals surface area contributed by atoms with Gasteiger partial charge in [-0.25, -0.2) is 4.79 Å². The number of aromatic hydroxyl groups is 1. The molecule has 0 fully saturated rings. The van der Waals surface area contributed by atoms with Crippen LogP contribution >= 0.6 is 0 Å². The Hall–Kier alpha value is -3.71. The molecule has 3 amide bonds. The van der Waals surface area contributed by atoms with Crippen molar-refractivity contribution in [3.8, 4) is 5.75 Å². The number of rotatable bonds is 15. The second kappa shape index (κ2) is 14.6. The standard InChI is InChI=1S/C23H34N4O9/c1-3-12(2)19(24)22(34)25-15(8-9-18(30)31)20(32)27-17(11-28)21(33)26-16(23(35)36)10-13-4-6-14(29)7-5-13/h4-7,12,15-17,19,28-29H,3,8-11,24H2,1-2H3,(H,25,34)(H,26,33)(H,27,32)(H,30,31)(H,35,36). The number of carboxylic acids is 2. The zero-order valence-corrected chi connectivity index (χ0v) is 20.1. The fraction of sp³-hybridized carbons (Fsp3) is 0.522. The first-order chi connectivity index (χ1) is 16.9. The highest BCUT2D eigenvalue weighted by Crippen LogP contribution is 2.12. The lowest BCUT2D eigenvalue weighted by Gasteiger charge is -2.25. The number of aliphatic hydroxyl groups excluding tert-OH is 1. The van der Waals surface area contributed by atoms with Gasteiger partial charge in [-0.1, -0.05) is 32.4 Å². The van der Waals surface area contributed by atoms with Gasteiger partial charge >= 0.3 is 11.9 Å². The molecule has 1 aromatic rings. The summed E-state index contributed by atoms with van der Waals surface area (Å²) in [6.07, 6.45) is -0.334. The first-order valence-electron chi connectivity index (χ1n) is 11.4. The van der Waals surface area contributed by atoms with Crippen molar-refractivity contribution < 1.29 is 44.4 Å². The molecule has 0 saturated heterocycles. The summed E-state index contributed by atoms with van der Waals surface area (Å²) in [4.78, 5) is 60.5. The van der Waals surface area contributed by atoms with E-state index in [2.05, 4.69) is 16.0 Å². The van der Waals surface area contributed by atoms with Crippen molar-refractivity contribution in [1.29, 1.82) is 0 Å². The first-order valence-corrected chi connectivity index (χ1v) is 11.4. The van der Waals surface area contributed by atoms with Crippen molar-refractivity contribution >= 4 is 29.7 Å². The van der Waals surface area contributed by atoms with Crippen LogP contribution in [0.2, 0.25) is 0 Å². The zero-order valence-electron chi connectivity index (χ0n) is 20.1. The van der Waals surface area contributed by atoms with E-state index in [9.17, 15) is 39.3 Å². The Morgan fingerprint density at radius 1 is 0.889 bits per heavy atom. The van der Waals surface area contributed by atoms with Crippen LogP contribution < -0.4 is 21.7 Å². The Bertz CT molecular complexity index is 923. The third-order valence-electron chi connectivity index (χ3n) is 5.65. The average Bonchev–Trinajstić information content (AvgIpc) is 2.84. The molecule has 200 valence electrons. The van der Waals surface area contributed by atoms with E-state index in [0.29, 0.717) is 12.0 Å². The Labute approximate surface area is 208 Å². The molecule has 5 atom stereocenters. The van der Waals surface area contributed by atoms with Crippen LogP contribution in [0, 0.1) is 5.92 Å². The van der Waals surface area contributed by atoms with Gasteiger partial charge in [-0.15, -0.1) is 0 Å². The highest BCUT2D eigenvalue weighted by Gasteiger charge is 2.31. The molecule has 0 heterocycles. The summed E-state index contributed by atoms with van der Waals surface area (Å²) in [7, 11) is 0. The summed E-state index contributed by atoms with van der Waals surface area (Å²) in [6, 6.07) is 0.346. The number of carbonyl (C=O) groups excluding carboxylic acids is 3. The Balaban J connectivity index is 2.92. The molecule has 0 radical (unpaired) electrons. The monoisotopic (exact) mass is 510 g/mol. The average molecular weight is 511 g/mol. The van der Waals surface area contributed by atoms with Crippen molar-refractivity contribution in [2.45, 2.75) is 63.7 Å². The van der Waals surface area contributed by atoms with Crippen LogP contribution in [0.1, 0.15) is 38.7 Å². The summed E-state index contributed by atoms with van der Waals surface area (Å²) in [5.41, 5.74) is 6.37. The highest BCUT2D eigenvalue weighted by atomic mass is 16.4. The minimum absolute atomic E-state index is 0.0210. The first kappa shape index (κ1) is 30.3. The molecular formula is C23H34N4O9. The van der Waals surface area contributed by atoms with E-state index in [0.717, 1.165) is 0 Å². The maximum Gasteiger partial charge on any atom is 0.326 e. The van der Waals surface area contributed by atoms with Gasteiger partial charge in [0.15, 0.2) is 0 Å². The molecule has 0 aliphatic carbocycles. The number of carboxylic acid groups (broad SMARTS) is 2. The van der Waals surface area contributed by atoms with Crippen molar-refractivity contribution in [2.75, 3.05) is 6.61 Å². The molecular weight excluding hydrogens is 476 g/mol. The summed E-state index contributed by atoms with van der Waals surface area (Å²) in [6.45, 7) is 2.66. The van der Waals surface area contributed by atoms with Gasteiger partial charge < -0.3 is 42.1 Å². The normalized spacial score (nSPS) is 15.0. The molecule has 36 heavy (non-hydrogen) atoms. The highest BCUT2D eigenvalue weighted by molar-refractivity contribution is 5.94. The molecule has 1 rings (SSSR count). The zero-order chi connectivity index (χ0) is 27.4. The number of carbonyl (C=O) groups is 5. The van der Waals surface area contributed by atoms with Crippen LogP contribution in [-0.4, -0.2) is 80.9 Å². The topological polar surface area (TPSA) is 228 Å². The summed E-state index contributed by atoms with van der Waals surface area (Å²) >= 11 is 0. The van der Waals surface area contributed by atoms with Crippen molar-refractivity contribution in [3.63, 3.8) is 0 Å². The molecule has 0 aliphatic rings. The van der Waals surface area contributed by atoms with Gasteiger partial charge in [-0.3, -0.25) is 19.2 Å². The van der Waals surface area contributed by atoms with Crippen molar-refractivity contribution in [2.24, 2.45) is 11.7 Å². The number of nitrogens with one attached hydrogen (secondary N) is 3. The fourth-order valence-corrected chi connectivity index (χ4v) is 3.12. The third kappa shape index (κ3) is 9.88. The van der Waals surface area contributed by atoms with E-state index in [1.165, 1.54) is 24.3 Å². The SMILES string of the molecule is CCC(C)C(N)C(=O)NC(CCC(=O)O)C(=O)NC(CO)C(=O)NC(Cc1ccc(O)cc1)C(=O)O. The van der Waals surface area contributed by atoms with Crippen molar-refractivity contribution in [3.05, 3.63) is 29.8 Å². The smallest absolute Gasteiger partial charge is 0.326 e. The molecule has 0 spiro atoms. The largest absolute Gasteiger partial charge is 0.508 e. The number of hydrogen-bond donors (Lipinski definition) is 8. The van der Waals surface area contributed by atoms with Crippen LogP contribution in [0.3, 0.4) is 0 Å². The van der Waals surface area contributed by atoms with Gasteiger partial charge in [-0.2, -0.15) is 0 Å². The number of amides is 3. The number of nitrogens with two attached hydrogens (primary N) is 1. The predicted octanol–water partition coefficient (Wildman–Crippen LogP) is -1.30. The van der Waals surface area contributed by atoms with Crippen LogP contribution in [-0.2, 0) is 30.4 Å². The lowest BCUT2D eigenvalue weighted by atomic mass is 9.98. The summed E-state index contributed by atoms with van der Waals surface area (Å²) in [5, 5.41) is 44.3. The van der Waals surface area contributed by atoms with Crippen molar-refractivity contribution in [1.82, 2.24) is 16.0 Å². The van der Waals surface area contributed by atoms with Crippen LogP contribution in [0.15, 0.2) is 24.3 Å². The number of aliphatic carboxylic acids is 2. The number of aliphatic hydroxyl groups is 1. The second-order valence-electron chi connectivity index (χ2n) is 8.42. The maximum atomic E-state index is 12.8. The molecule has 0 saturated carbocycles. The number of phenolic OH excluding ortho intramolecular Hbond substituents is 1. The van der Waals surface area contributed by atoms with Gasteiger partial charge in [0.05, 0.1) is 12.6 Å². The molecule has 13 nitrogen and oxygen atoms in total. The Morgan fingerprint density at radius 2 is 1.42 bits per heavy atom. The van der Waals surface area contributed by atoms with E-state index in [-0.39, 0.29) is 24.5 Å². The fourth-order valence-electron chi connectivity index (χ4n) is 3.12. The third-order valence-corrected chi connectivity index (χ3v) is 5.65. The van der Waals surface area contributed by atoms with Gasteiger partial charge in [0, 0.05) is 12.8 Å². The Morgan fingerprint density at radius 3 is 1.92 bits per heavy atom. The number of benzene rings is 1. The van der Waals surface area contributed by atoms with Gasteiger partial charge in [-0.05, 0) is 30.0 Å². The van der Waals surface area contributed by atoms with Gasteiger partial charge in [0.2, 0.25) is 17.7 Å². The molecule has 13 heteroatoms. The van der Waals surface area contributed by atoms with E-state index in [1.807, 2.05) is 6.92 Å². The summed E-state index contributed by atoms with van der Waals surface area (Å²) < 4.78 is 0. The van der Waals surface area contributed by atoms with Crippen LogP contribution in [0.5, 0.6) is 5.75 Å². The quantitative estimate of drug-likeness (QED) is 0.139. The second-order valence-corrected chi connectivity index (χ2v) is 8.42. The van der Waals surface area contributed by atoms with Crippen LogP contribution in [0.25, 0.3) is 0 Å². The minimum Gasteiger partial charge on any atom is -0.508 e. The maximum absolute atomic E-state index is 12.8. The predicted molar refractivity (Wildman–Crippen MR) is 127 cm³/mol. The van der Waals surface area contributed by atoms with E-state index in [4.69, 9.17) is 10.8 Å². The number of hydrogen-bond acceptors (Lipinski definition) is 8. The minimum atomic E-state index is -1.58. The summed E-state index contributed by atoms with van der Waals surface area (Å²) in [5.74, 6) is -5.46. The molecule has 0 aromatic heterocycles. The van der Waals surface area contributed by atoms with Gasteiger partial charge in [0.25, 0.3) is 0 Å². The van der Waals surface area contributed by atoms with Gasteiger partial charge in [0.1, 0.15) is 23.9 Å². The molecule has 1 aromatic carbocycles. The molecule has 0 aliphatic heterocycles. The van der Waals surface area contributed by atoms with E-state index >= 15 is 0 Å². The Kier molecular flexibility index (Phi) is 12.3.